The molecule has 6 nitrogen and oxygen atoms in total. The number of nitrogens with one attached hydrogen (secondary N) is 1. The Hall–Kier alpha value is -2.50. The molecule has 1 aromatic carbocycles. The van der Waals surface area contributed by atoms with Gasteiger partial charge in [-0.25, -0.2) is 15.0 Å². The molecule has 0 spiro atoms. The Morgan fingerprint density at radius 2 is 1.93 bits per heavy atom. The second-order valence-corrected chi connectivity index (χ2v) is 13.2. The summed E-state index contributed by atoms with van der Waals surface area (Å²) in [6, 6.07) is 3.91. The molecule has 0 radical (unpaired) electrons. The summed E-state index contributed by atoms with van der Waals surface area (Å²) in [5, 5.41) is 3.35. The maximum atomic E-state index is 15.9. The van der Waals surface area contributed by atoms with Crippen LogP contribution in [0.3, 0.4) is 0 Å². The van der Waals surface area contributed by atoms with Gasteiger partial charge >= 0.3 is 6.18 Å². The fraction of sp³-hybridized carbons (Fsp3) is 0.594. The van der Waals surface area contributed by atoms with Crippen LogP contribution in [0.2, 0.25) is 5.02 Å². The smallest absolute Gasteiger partial charge is 0.354 e. The van der Waals surface area contributed by atoms with Crippen LogP contribution in [0.25, 0.3) is 11.3 Å². The first-order chi connectivity index (χ1) is 21.0. The fourth-order valence-electron chi connectivity index (χ4n) is 5.63. The largest absolute Gasteiger partial charge is 0.416 e. The van der Waals surface area contributed by atoms with Crippen LogP contribution in [-0.4, -0.2) is 45.5 Å². The van der Waals surface area contributed by atoms with Crippen LogP contribution in [0.4, 0.5) is 34.3 Å². The summed E-state index contributed by atoms with van der Waals surface area (Å²) in [5.41, 5.74) is -0.158. The fourth-order valence-corrected chi connectivity index (χ4v) is 6.87. The monoisotopic (exact) mass is 654 g/mol. The van der Waals surface area contributed by atoms with Gasteiger partial charge in [0.05, 0.1) is 11.3 Å². The second-order valence-electron chi connectivity index (χ2n) is 11.7. The van der Waals surface area contributed by atoms with E-state index < -0.39 is 17.6 Å². The van der Waals surface area contributed by atoms with Gasteiger partial charge in [0.2, 0.25) is 5.82 Å². The summed E-state index contributed by atoms with van der Waals surface area (Å²) in [5.74, 6) is 0.135. The van der Waals surface area contributed by atoms with Crippen molar-refractivity contribution in [2.24, 2.45) is 5.92 Å². The number of anilines is 3. The lowest BCUT2D eigenvalue weighted by atomic mass is 10.1. The van der Waals surface area contributed by atoms with E-state index in [-0.39, 0.29) is 22.2 Å². The molecule has 0 bridgehead atoms. The van der Waals surface area contributed by atoms with Crippen LogP contribution in [0.15, 0.2) is 24.5 Å². The van der Waals surface area contributed by atoms with E-state index in [9.17, 15) is 13.2 Å². The molecule has 0 amide bonds. The molecule has 0 saturated carbocycles. The van der Waals surface area contributed by atoms with Crippen molar-refractivity contribution >= 4 is 39.7 Å². The van der Waals surface area contributed by atoms with Crippen molar-refractivity contribution in [1.82, 2.24) is 19.9 Å². The predicted octanol–water partition coefficient (Wildman–Crippen LogP) is 9.96. The summed E-state index contributed by atoms with van der Waals surface area (Å²) in [6.45, 7) is 11.3. The second kappa shape index (κ2) is 15.7. The van der Waals surface area contributed by atoms with Crippen molar-refractivity contribution in [2.75, 3.05) is 29.9 Å². The molecule has 2 aromatic heterocycles. The Bertz CT molecular complexity index is 1370. The molecule has 3 heterocycles. The van der Waals surface area contributed by atoms with E-state index in [2.05, 4.69) is 41.0 Å². The molecule has 0 aliphatic carbocycles. The summed E-state index contributed by atoms with van der Waals surface area (Å²) in [7, 11) is 0. The molecule has 44 heavy (non-hydrogen) atoms. The summed E-state index contributed by atoms with van der Waals surface area (Å²) in [4.78, 5) is 18.3. The van der Waals surface area contributed by atoms with Gasteiger partial charge in [0.1, 0.15) is 6.33 Å². The highest BCUT2D eigenvalue weighted by atomic mass is 35.5. The predicted molar refractivity (Wildman–Crippen MR) is 172 cm³/mol. The normalized spacial score (nSPS) is 16.4. The van der Waals surface area contributed by atoms with E-state index in [1.807, 2.05) is 11.8 Å². The van der Waals surface area contributed by atoms with Crippen LogP contribution >= 0.6 is 22.9 Å². The average molecular weight is 655 g/mol. The first-order valence-corrected chi connectivity index (χ1v) is 16.9. The third-order valence-electron chi connectivity index (χ3n) is 8.31. The number of hydrogen-bond acceptors (Lipinski definition) is 7. The number of alkyl halides is 3. The molecule has 1 aliphatic rings. The maximum Gasteiger partial charge on any atom is 0.416 e. The van der Waals surface area contributed by atoms with E-state index in [4.69, 9.17) is 16.6 Å². The number of hydrogen-bond donors (Lipinski definition) is 1. The molecule has 2 unspecified atom stereocenters. The lowest BCUT2D eigenvalue weighted by molar-refractivity contribution is -0.137. The van der Waals surface area contributed by atoms with Crippen molar-refractivity contribution in [1.29, 1.82) is 0 Å². The van der Waals surface area contributed by atoms with Crippen LogP contribution in [0.5, 0.6) is 0 Å². The van der Waals surface area contributed by atoms with Gasteiger partial charge < -0.3 is 10.2 Å². The third-order valence-corrected chi connectivity index (χ3v) is 9.48. The molecular formula is C32H43ClF4N6S. The minimum Gasteiger partial charge on any atom is -0.354 e. The molecule has 242 valence electrons. The van der Waals surface area contributed by atoms with Crippen LogP contribution in [-0.2, 0) is 12.7 Å². The van der Waals surface area contributed by atoms with Gasteiger partial charge in [0, 0.05) is 41.1 Å². The van der Waals surface area contributed by atoms with Crippen molar-refractivity contribution in [3.05, 3.63) is 45.8 Å². The zero-order valence-electron chi connectivity index (χ0n) is 26.0. The number of thiazole rings is 1. The maximum absolute atomic E-state index is 15.9. The summed E-state index contributed by atoms with van der Waals surface area (Å²) >= 11 is 7.47. The van der Waals surface area contributed by atoms with Gasteiger partial charge in [-0.1, -0.05) is 69.9 Å². The van der Waals surface area contributed by atoms with Gasteiger partial charge in [0.15, 0.2) is 16.8 Å². The lowest BCUT2D eigenvalue weighted by Crippen LogP contribution is -2.28. The van der Waals surface area contributed by atoms with Crippen LogP contribution in [0, 0.1) is 11.7 Å². The summed E-state index contributed by atoms with van der Waals surface area (Å²) in [6.07, 6.45) is 5.03. The first-order valence-electron chi connectivity index (χ1n) is 15.7. The Morgan fingerprint density at radius 3 is 2.64 bits per heavy atom. The number of unbranched alkanes of at least 4 members (excludes halogenated alkanes) is 1. The lowest BCUT2D eigenvalue weighted by Gasteiger charge is -2.25. The Labute approximate surface area is 267 Å². The number of aromatic nitrogens is 3. The number of rotatable bonds is 15. The van der Waals surface area contributed by atoms with E-state index in [1.54, 1.807) is 0 Å². The SMILES string of the molecule is CCCCC1CCCN1Cc1sc(Nc2ncnc(N(CCC)CCC(C)CC)c2F)nc1-c1cc(Cl)cc(C(F)(F)F)c1. The van der Waals surface area contributed by atoms with Gasteiger partial charge in [0.25, 0.3) is 0 Å². The first kappa shape index (κ1) is 34.4. The topological polar surface area (TPSA) is 57.2 Å². The molecule has 1 N–H and O–H groups in total. The Morgan fingerprint density at radius 1 is 1.14 bits per heavy atom. The summed E-state index contributed by atoms with van der Waals surface area (Å²) < 4.78 is 57.1. The van der Waals surface area contributed by atoms with Crippen LogP contribution in [0.1, 0.15) is 89.5 Å². The molecule has 2 atom stereocenters. The van der Waals surface area contributed by atoms with E-state index in [0.29, 0.717) is 42.4 Å². The highest BCUT2D eigenvalue weighted by Crippen LogP contribution is 2.40. The number of nitrogens with zero attached hydrogens (tertiary/aromatic N) is 5. The van der Waals surface area contributed by atoms with Crippen LogP contribution < -0.4 is 10.2 Å². The standard InChI is InChI=1S/C32H43ClF4N6S/c1-5-8-10-25-11-9-14-43(25)19-26-28(22-16-23(32(35,36)37)18-24(33)17-22)40-31(44-26)41-29-27(34)30(39-20-38-29)42(13-6-2)15-12-21(4)7-3/h16-18,20-21,25H,5-15,19H2,1-4H3,(H,38,39,40,41). The van der Waals surface area contributed by atoms with Crippen molar-refractivity contribution < 1.29 is 17.6 Å². The average Bonchev–Trinajstić information content (AvgIpc) is 3.60. The van der Waals surface area contributed by atoms with E-state index >= 15 is 4.39 Å². The van der Waals surface area contributed by atoms with E-state index in [0.717, 1.165) is 74.9 Å². The highest BCUT2D eigenvalue weighted by molar-refractivity contribution is 7.16. The van der Waals surface area contributed by atoms with Crippen molar-refractivity contribution in [3.63, 3.8) is 0 Å². The van der Waals surface area contributed by atoms with Gasteiger partial charge in [-0.15, -0.1) is 0 Å². The number of likely N-dealkylation sites (tertiary alicyclic amines) is 1. The highest BCUT2D eigenvalue weighted by Gasteiger charge is 2.32. The Balaban J connectivity index is 1.69. The van der Waals surface area contributed by atoms with Gasteiger partial charge in [-0.3, -0.25) is 4.90 Å². The molecule has 3 aromatic rings. The molecule has 1 aliphatic heterocycles. The molecular weight excluding hydrogens is 612 g/mol. The number of benzene rings is 1. The zero-order valence-corrected chi connectivity index (χ0v) is 27.6. The third kappa shape index (κ3) is 8.81. The van der Waals surface area contributed by atoms with Gasteiger partial charge in [-0.05, 0) is 62.8 Å². The van der Waals surface area contributed by atoms with Crippen molar-refractivity contribution in [3.8, 4) is 11.3 Å². The molecule has 4 rings (SSSR count). The molecule has 1 fully saturated rings. The number of halogens is 5. The van der Waals surface area contributed by atoms with Crippen molar-refractivity contribution in [2.45, 2.75) is 97.8 Å². The molecule has 12 heteroatoms. The minimum absolute atomic E-state index is 0.0180. The minimum atomic E-state index is -4.56. The quantitative estimate of drug-likeness (QED) is 0.165. The molecule has 1 saturated heterocycles. The zero-order chi connectivity index (χ0) is 31.9. The van der Waals surface area contributed by atoms with E-state index in [1.165, 1.54) is 23.7 Å². The Kier molecular flexibility index (Phi) is 12.2. The van der Waals surface area contributed by atoms with Gasteiger partial charge in [-0.2, -0.15) is 17.6 Å².